The molecule has 0 saturated heterocycles. The summed E-state index contributed by atoms with van der Waals surface area (Å²) in [4.78, 5) is 22.8. The van der Waals surface area contributed by atoms with Gasteiger partial charge in [0.2, 0.25) is 0 Å². The smallest absolute Gasteiger partial charge is 0.311 e. The highest BCUT2D eigenvalue weighted by Gasteiger charge is 2.59. The molecule has 1 aromatic carbocycles. The third-order valence-corrected chi connectivity index (χ3v) is 4.10. The molecule has 1 aliphatic rings. The van der Waals surface area contributed by atoms with E-state index in [1.165, 1.54) is 0 Å². The van der Waals surface area contributed by atoms with Gasteiger partial charge in [0.05, 0.1) is 5.41 Å². The minimum Gasteiger partial charge on any atom is -0.481 e. The summed E-state index contributed by atoms with van der Waals surface area (Å²) in [5.74, 6) is -0.831. The molecule has 0 spiro atoms. The van der Waals surface area contributed by atoms with Gasteiger partial charge in [-0.3, -0.25) is 9.59 Å². The van der Waals surface area contributed by atoms with Gasteiger partial charge in [-0.25, -0.2) is 0 Å². The first-order valence-electron chi connectivity index (χ1n) is 5.71. The van der Waals surface area contributed by atoms with Crippen LogP contribution in [0.3, 0.4) is 0 Å². The van der Waals surface area contributed by atoms with Crippen molar-refractivity contribution in [3.05, 3.63) is 35.9 Å². The topological polar surface area (TPSA) is 54.4 Å². The van der Waals surface area contributed by atoms with Crippen molar-refractivity contribution in [3.63, 3.8) is 0 Å². The second-order valence-corrected chi connectivity index (χ2v) is 5.27. The molecule has 3 heteroatoms. The molecule has 0 bridgehead atoms. The van der Waals surface area contributed by atoms with Crippen LogP contribution in [-0.4, -0.2) is 16.9 Å². The Morgan fingerprint density at radius 3 is 2.18 bits per heavy atom. The molecular formula is C14H16O3. The van der Waals surface area contributed by atoms with E-state index in [1.807, 2.05) is 44.2 Å². The molecule has 0 heterocycles. The fourth-order valence-electron chi connectivity index (χ4n) is 2.61. The van der Waals surface area contributed by atoms with Gasteiger partial charge in [-0.2, -0.15) is 0 Å². The highest BCUT2D eigenvalue weighted by atomic mass is 16.4. The Labute approximate surface area is 100 Å². The standard InChI is InChI=1S/C14H16O3/c1-13(2,10-6-4-3-5-7-10)14(12(16)17)8-11(15)9-14/h3-7H,8-9H2,1-2H3,(H,16,17). The van der Waals surface area contributed by atoms with Crippen molar-refractivity contribution >= 4 is 11.8 Å². The van der Waals surface area contributed by atoms with Crippen LogP contribution in [0.2, 0.25) is 0 Å². The van der Waals surface area contributed by atoms with Gasteiger partial charge in [-0.1, -0.05) is 44.2 Å². The van der Waals surface area contributed by atoms with E-state index in [2.05, 4.69) is 0 Å². The van der Waals surface area contributed by atoms with E-state index in [0.29, 0.717) is 0 Å². The van der Waals surface area contributed by atoms with E-state index in [4.69, 9.17) is 0 Å². The van der Waals surface area contributed by atoms with Crippen molar-refractivity contribution in [2.75, 3.05) is 0 Å². The number of carboxylic acid groups (broad SMARTS) is 1. The number of aliphatic carboxylic acids is 1. The Bertz CT molecular complexity index is 452. The molecule has 0 amide bonds. The number of benzene rings is 1. The lowest BCUT2D eigenvalue weighted by Crippen LogP contribution is -2.56. The molecule has 0 unspecified atom stereocenters. The Morgan fingerprint density at radius 1 is 1.24 bits per heavy atom. The Morgan fingerprint density at radius 2 is 1.76 bits per heavy atom. The first-order chi connectivity index (χ1) is 7.90. The lowest BCUT2D eigenvalue weighted by molar-refractivity contribution is -0.167. The summed E-state index contributed by atoms with van der Waals surface area (Å²) in [7, 11) is 0. The Hall–Kier alpha value is -1.64. The summed E-state index contributed by atoms with van der Waals surface area (Å²) >= 11 is 0. The highest BCUT2D eigenvalue weighted by molar-refractivity contribution is 5.98. The zero-order valence-electron chi connectivity index (χ0n) is 10.1. The monoisotopic (exact) mass is 232 g/mol. The summed E-state index contributed by atoms with van der Waals surface area (Å²) in [5.41, 5.74) is -0.505. The minimum absolute atomic E-state index is 0.0383. The molecule has 17 heavy (non-hydrogen) atoms. The molecule has 1 fully saturated rings. The van der Waals surface area contributed by atoms with Gasteiger partial charge in [0.1, 0.15) is 5.78 Å². The maximum atomic E-state index is 11.5. The second kappa shape index (κ2) is 3.69. The van der Waals surface area contributed by atoms with Crippen LogP contribution >= 0.6 is 0 Å². The predicted octanol–water partition coefficient (Wildman–Crippen LogP) is 2.40. The lowest BCUT2D eigenvalue weighted by atomic mass is 9.52. The van der Waals surface area contributed by atoms with Crippen molar-refractivity contribution in [2.45, 2.75) is 32.1 Å². The van der Waals surface area contributed by atoms with Crippen molar-refractivity contribution in [3.8, 4) is 0 Å². The van der Waals surface area contributed by atoms with Gasteiger partial charge in [-0.05, 0) is 5.56 Å². The van der Waals surface area contributed by atoms with E-state index in [1.54, 1.807) is 0 Å². The van der Waals surface area contributed by atoms with Crippen LogP contribution in [0.25, 0.3) is 0 Å². The number of carboxylic acids is 1. The number of carbonyl (C=O) groups excluding carboxylic acids is 1. The van der Waals surface area contributed by atoms with Crippen LogP contribution in [0.1, 0.15) is 32.3 Å². The maximum Gasteiger partial charge on any atom is 0.311 e. The zero-order valence-corrected chi connectivity index (χ0v) is 10.1. The molecule has 0 aliphatic heterocycles. The van der Waals surface area contributed by atoms with Crippen molar-refractivity contribution in [1.29, 1.82) is 0 Å². The average Bonchev–Trinajstić information content (AvgIpc) is 2.25. The fourth-order valence-corrected chi connectivity index (χ4v) is 2.61. The van der Waals surface area contributed by atoms with Crippen molar-refractivity contribution in [2.24, 2.45) is 5.41 Å². The molecule has 1 saturated carbocycles. The normalized spacial score (nSPS) is 18.6. The molecule has 0 atom stereocenters. The lowest BCUT2D eigenvalue weighted by Gasteiger charge is -2.48. The van der Waals surface area contributed by atoms with Crippen molar-refractivity contribution in [1.82, 2.24) is 0 Å². The van der Waals surface area contributed by atoms with E-state index in [0.717, 1.165) is 5.56 Å². The summed E-state index contributed by atoms with van der Waals surface area (Å²) < 4.78 is 0. The van der Waals surface area contributed by atoms with Crippen LogP contribution in [0.4, 0.5) is 0 Å². The SMILES string of the molecule is CC(C)(c1ccccc1)C1(C(=O)O)CC(=O)C1. The van der Waals surface area contributed by atoms with Crippen LogP contribution in [-0.2, 0) is 15.0 Å². The molecular weight excluding hydrogens is 216 g/mol. The summed E-state index contributed by atoms with van der Waals surface area (Å²) in [6.45, 7) is 3.81. The van der Waals surface area contributed by atoms with Crippen LogP contribution in [0, 0.1) is 5.41 Å². The molecule has 3 nitrogen and oxygen atoms in total. The van der Waals surface area contributed by atoms with E-state index in [9.17, 15) is 14.7 Å². The Balaban J connectivity index is 2.44. The van der Waals surface area contributed by atoms with Gasteiger partial charge in [0.15, 0.2) is 0 Å². The molecule has 1 aromatic rings. The number of rotatable bonds is 3. The predicted molar refractivity (Wildman–Crippen MR) is 63.8 cm³/mol. The summed E-state index contributed by atoms with van der Waals surface area (Å²) in [6.07, 6.45) is 0.286. The van der Waals surface area contributed by atoms with Crippen LogP contribution < -0.4 is 0 Å². The first-order valence-corrected chi connectivity index (χ1v) is 5.71. The van der Waals surface area contributed by atoms with Gasteiger partial charge >= 0.3 is 5.97 Å². The third kappa shape index (κ3) is 1.57. The molecule has 1 aliphatic carbocycles. The summed E-state index contributed by atoms with van der Waals surface area (Å²) in [6, 6.07) is 9.54. The highest BCUT2D eigenvalue weighted by Crippen LogP contribution is 2.53. The number of hydrogen-bond acceptors (Lipinski definition) is 2. The third-order valence-electron chi connectivity index (χ3n) is 4.10. The van der Waals surface area contributed by atoms with E-state index in [-0.39, 0.29) is 18.6 Å². The van der Waals surface area contributed by atoms with Gasteiger partial charge in [-0.15, -0.1) is 0 Å². The molecule has 0 aromatic heterocycles. The maximum absolute atomic E-state index is 11.5. The molecule has 0 radical (unpaired) electrons. The van der Waals surface area contributed by atoms with E-state index < -0.39 is 16.8 Å². The van der Waals surface area contributed by atoms with Gasteiger partial charge in [0.25, 0.3) is 0 Å². The molecule has 90 valence electrons. The quantitative estimate of drug-likeness (QED) is 0.870. The number of Topliss-reactive ketones (excluding diaryl/α,β-unsaturated/α-hetero) is 1. The first kappa shape index (κ1) is 11.8. The fraction of sp³-hybridized carbons (Fsp3) is 0.429. The van der Waals surface area contributed by atoms with Crippen molar-refractivity contribution < 1.29 is 14.7 Å². The average molecular weight is 232 g/mol. The zero-order chi connectivity index (χ0) is 12.7. The second-order valence-electron chi connectivity index (χ2n) is 5.27. The van der Waals surface area contributed by atoms with Gasteiger partial charge < -0.3 is 5.11 Å². The molecule has 2 rings (SSSR count). The van der Waals surface area contributed by atoms with Gasteiger partial charge in [0, 0.05) is 18.3 Å². The number of ketones is 1. The van der Waals surface area contributed by atoms with Crippen LogP contribution in [0.5, 0.6) is 0 Å². The van der Waals surface area contributed by atoms with Crippen LogP contribution in [0.15, 0.2) is 30.3 Å². The Kier molecular flexibility index (Phi) is 2.57. The summed E-state index contributed by atoms with van der Waals surface area (Å²) in [5, 5.41) is 9.45. The minimum atomic E-state index is -0.939. The molecule has 1 N–H and O–H groups in total. The van der Waals surface area contributed by atoms with E-state index >= 15 is 0 Å². The largest absolute Gasteiger partial charge is 0.481 e. The number of carbonyl (C=O) groups is 2. The number of hydrogen-bond donors (Lipinski definition) is 1.